The summed E-state index contributed by atoms with van der Waals surface area (Å²) in [7, 11) is 0. The lowest BCUT2D eigenvalue weighted by atomic mass is 10.0. The highest BCUT2D eigenvalue weighted by Gasteiger charge is 2.27. The minimum atomic E-state index is -0.676. The molecule has 23 heavy (non-hydrogen) atoms. The van der Waals surface area contributed by atoms with Crippen LogP contribution >= 0.6 is 11.6 Å². The van der Waals surface area contributed by atoms with Crippen molar-refractivity contribution in [2.24, 2.45) is 5.73 Å². The van der Waals surface area contributed by atoms with Gasteiger partial charge in [0.15, 0.2) is 5.82 Å². The molecule has 2 atom stereocenters. The van der Waals surface area contributed by atoms with E-state index in [0.717, 1.165) is 0 Å². The molecule has 0 amide bonds. The second kappa shape index (κ2) is 6.23. The van der Waals surface area contributed by atoms with Gasteiger partial charge in [0.2, 0.25) is 5.95 Å². The molecular formula is C14H15ClFN5O2. The first-order chi connectivity index (χ1) is 11.0. The number of aromatic amines is 1. The Morgan fingerprint density at radius 2 is 2.30 bits per heavy atom. The number of aromatic nitrogens is 3. The van der Waals surface area contributed by atoms with Crippen LogP contribution in [0, 0.1) is 5.95 Å². The number of piperidine rings is 1. The van der Waals surface area contributed by atoms with Crippen molar-refractivity contribution in [3.63, 3.8) is 0 Å². The molecule has 0 aromatic carbocycles. The summed E-state index contributed by atoms with van der Waals surface area (Å²) in [4.78, 5) is 24.1. The second-order valence-corrected chi connectivity index (χ2v) is 5.76. The molecule has 4 N–H and O–H groups in total. The average molecular weight is 340 g/mol. The average Bonchev–Trinajstić information content (AvgIpc) is 2.52. The van der Waals surface area contributed by atoms with Crippen molar-refractivity contribution in [3.05, 3.63) is 39.7 Å². The lowest BCUT2D eigenvalue weighted by Crippen LogP contribution is -2.51. The number of anilines is 1. The minimum absolute atomic E-state index is 0.0631. The topological polar surface area (TPSA) is 108 Å². The number of aliphatic hydroxyl groups is 1. The normalized spacial score (nSPS) is 21.5. The summed E-state index contributed by atoms with van der Waals surface area (Å²) in [6.45, 7) is 0.788. The second-order valence-electron chi connectivity index (χ2n) is 5.39. The Morgan fingerprint density at radius 1 is 1.52 bits per heavy atom. The Kier molecular flexibility index (Phi) is 4.29. The predicted octanol–water partition coefficient (Wildman–Crippen LogP) is 0.523. The molecule has 0 bridgehead atoms. The van der Waals surface area contributed by atoms with Crippen LogP contribution in [-0.4, -0.2) is 45.3 Å². The first kappa shape index (κ1) is 15.9. The molecule has 1 fully saturated rings. The number of pyridine rings is 1. The Bertz CT molecular complexity index is 784. The fraction of sp³-hybridized carbons (Fsp3) is 0.357. The Hall–Kier alpha value is -2.03. The van der Waals surface area contributed by atoms with Gasteiger partial charge in [-0.3, -0.25) is 4.79 Å². The van der Waals surface area contributed by atoms with Crippen LogP contribution in [-0.2, 0) is 0 Å². The lowest BCUT2D eigenvalue weighted by molar-refractivity contribution is 0.124. The van der Waals surface area contributed by atoms with Gasteiger partial charge in [-0.1, -0.05) is 11.6 Å². The molecule has 0 unspecified atom stereocenters. The van der Waals surface area contributed by atoms with E-state index < -0.39 is 23.7 Å². The molecule has 9 heteroatoms. The Morgan fingerprint density at radius 3 is 3.00 bits per heavy atom. The van der Waals surface area contributed by atoms with Crippen LogP contribution in [0.15, 0.2) is 23.1 Å². The van der Waals surface area contributed by atoms with Crippen molar-refractivity contribution < 1.29 is 9.50 Å². The van der Waals surface area contributed by atoms with Crippen LogP contribution in [0.5, 0.6) is 0 Å². The van der Waals surface area contributed by atoms with Gasteiger partial charge < -0.3 is 20.7 Å². The zero-order chi connectivity index (χ0) is 16.6. The lowest BCUT2D eigenvalue weighted by Gasteiger charge is -2.35. The molecule has 0 spiro atoms. The van der Waals surface area contributed by atoms with E-state index in [1.165, 1.54) is 18.3 Å². The minimum Gasteiger partial charge on any atom is -0.391 e. The molecule has 0 aliphatic carbocycles. The molecule has 0 saturated carbocycles. The molecule has 1 aliphatic rings. The van der Waals surface area contributed by atoms with E-state index in [2.05, 4.69) is 15.0 Å². The van der Waals surface area contributed by atoms with E-state index in [9.17, 15) is 14.3 Å². The molecule has 2 aromatic heterocycles. The Balaban J connectivity index is 2.02. The molecule has 2 aromatic rings. The number of aliphatic hydroxyl groups excluding tert-OH is 1. The van der Waals surface area contributed by atoms with Crippen molar-refractivity contribution in [1.29, 1.82) is 0 Å². The van der Waals surface area contributed by atoms with E-state index in [1.54, 1.807) is 4.90 Å². The Labute approximate surface area is 135 Å². The summed E-state index contributed by atoms with van der Waals surface area (Å²) in [5.74, 6) is -0.217. The summed E-state index contributed by atoms with van der Waals surface area (Å²) in [5, 5.41) is 9.64. The van der Waals surface area contributed by atoms with Crippen LogP contribution in [0.25, 0.3) is 11.4 Å². The number of halogens is 2. The monoisotopic (exact) mass is 339 g/mol. The van der Waals surface area contributed by atoms with Gasteiger partial charge in [0, 0.05) is 37.0 Å². The standard InChI is InChI=1S/C14H15ClFN5O2/c15-11-13(21-4-2-9(22)8(17)6-21)19-12(20-14(11)23)7-1-3-18-10(16)5-7/h1,3,5,8-9,22H,2,4,6,17H2,(H,19,20,23)/t8-,9-/m1/s1. The van der Waals surface area contributed by atoms with Crippen molar-refractivity contribution in [2.45, 2.75) is 18.6 Å². The van der Waals surface area contributed by atoms with Crippen molar-refractivity contribution in [2.75, 3.05) is 18.0 Å². The van der Waals surface area contributed by atoms with Crippen molar-refractivity contribution in [3.8, 4) is 11.4 Å². The van der Waals surface area contributed by atoms with Crippen LogP contribution in [0.3, 0.4) is 0 Å². The number of nitrogens with zero attached hydrogens (tertiary/aromatic N) is 3. The van der Waals surface area contributed by atoms with E-state index in [0.29, 0.717) is 25.1 Å². The molecular weight excluding hydrogens is 325 g/mol. The van der Waals surface area contributed by atoms with E-state index in [4.69, 9.17) is 17.3 Å². The first-order valence-corrected chi connectivity index (χ1v) is 7.44. The van der Waals surface area contributed by atoms with Gasteiger partial charge in [-0.15, -0.1) is 0 Å². The smallest absolute Gasteiger partial charge is 0.272 e. The number of nitrogens with two attached hydrogens (primary N) is 1. The fourth-order valence-electron chi connectivity index (χ4n) is 2.50. The van der Waals surface area contributed by atoms with E-state index >= 15 is 0 Å². The van der Waals surface area contributed by atoms with Crippen molar-refractivity contribution in [1.82, 2.24) is 15.0 Å². The summed E-state index contributed by atoms with van der Waals surface area (Å²) < 4.78 is 13.3. The molecule has 7 nitrogen and oxygen atoms in total. The SMILES string of the molecule is N[C@@H]1CN(c2nc(-c3ccnc(F)c3)[nH]c(=O)c2Cl)CC[C@H]1O. The van der Waals surface area contributed by atoms with Crippen LogP contribution in [0.2, 0.25) is 5.02 Å². The number of nitrogens with one attached hydrogen (secondary N) is 1. The number of hydrogen-bond donors (Lipinski definition) is 3. The van der Waals surface area contributed by atoms with Gasteiger partial charge in [0.25, 0.3) is 5.56 Å². The maximum atomic E-state index is 13.3. The summed E-state index contributed by atoms with van der Waals surface area (Å²) in [6, 6.07) is 2.24. The summed E-state index contributed by atoms with van der Waals surface area (Å²) >= 11 is 6.06. The number of H-pyrrole nitrogens is 1. The fourth-order valence-corrected chi connectivity index (χ4v) is 2.71. The maximum absolute atomic E-state index is 13.3. The molecule has 122 valence electrons. The van der Waals surface area contributed by atoms with E-state index in [-0.39, 0.29) is 16.7 Å². The highest BCUT2D eigenvalue weighted by atomic mass is 35.5. The first-order valence-electron chi connectivity index (χ1n) is 7.06. The predicted molar refractivity (Wildman–Crippen MR) is 83.9 cm³/mol. The van der Waals surface area contributed by atoms with Gasteiger partial charge in [-0.2, -0.15) is 4.39 Å². The maximum Gasteiger partial charge on any atom is 0.272 e. The van der Waals surface area contributed by atoms with Gasteiger partial charge in [0.05, 0.1) is 6.10 Å². The highest BCUT2D eigenvalue weighted by Crippen LogP contribution is 2.25. The number of rotatable bonds is 2. The summed E-state index contributed by atoms with van der Waals surface area (Å²) in [5.41, 5.74) is 5.72. The third-order valence-corrected chi connectivity index (χ3v) is 4.11. The molecule has 1 saturated heterocycles. The van der Waals surface area contributed by atoms with Crippen molar-refractivity contribution >= 4 is 17.4 Å². The van der Waals surface area contributed by atoms with Gasteiger partial charge >= 0.3 is 0 Å². The third-order valence-electron chi connectivity index (χ3n) is 3.77. The largest absolute Gasteiger partial charge is 0.391 e. The van der Waals surface area contributed by atoms with Gasteiger partial charge in [0.1, 0.15) is 10.8 Å². The van der Waals surface area contributed by atoms with Gasteiger partial charge in [-0.25, -0.2) is 9.97 Å². The highest BCUT2D eigenvalue weighted by molar-refractivity contribution is 6.32. The van der Waals surface area contributed by atoms with Gasteiger partial charge in [-0.05, 0) is 12.5 Å². The molecule has 0 radical (unpaired) electrons. The molecule has 3 heterocycles. The molecule has 1 aliphatic heterocycles. The molecule has 3 rings (SSSR count). The van der Waals surface area contributed by atoms with Crippen LogP contribution in [0.1, 0.15) is 6.42 Å². The summed E-state index contributed by atoms with van der Waals surface area (Å²) in [6.07, 6.45) is 1.14. The third kappa shape index (κ3) is 3.19. The van der Waals surface area contributed by atoms with E-state index in [1.807, 2.05) is 0 Å². The zero-order valence-electron chi connectivity index (χ0n) is 12.0. The van der Waals surface area contributed by atoms with Crippen LogP contribution in [0.4, 0.5) is 10.2 Å². The quantitative estimate of drug-likeness (QED) is 0.688. The number of hydrogen-bond acceptors (Lipinski definition) is 6. The zero-order valence-corrected chi connectivity index (χ0v) is 12.8. The van der Waals surface area contributed by atoms with Crippen LogP contribution < -0.4 is 16.2 Å².